The summed E-state index contributed by atoms with van der Waals surface area (Å²) in [5.74, 6) is 1.01. The number of benzene rings is 1. The lowest BCUT2D eigenvalue weighted by Crippen LogP contribution is -2.49. The smallest absolute Gasteiger partial charge is 0.254 e. The third-order valence-corrected chi connectivity index (χ3v) is 9.07. The molecule has 11 nitrogen and oxygen atoms in total. The van der Waals surface area contributed by atoms with Crippen LogP contribution >= 0.6 is 11.3 Å². The summed E-state index contributed by atoms with van der Waals surface area (Å²) in [6, 6.07) is 9.88. The van der Waals surface area contributed by atoms with E-state index in [0.717, 1.165) is 28.3 Å². The molecule has 1 aromatic carbocycles. The van der Waals surface area contributed by atoms with Gasteiger partial charge in [0.25, 0.3) is 15.8 Å². The van der Waals surface area contributed by atoms with E-state index in [9.17, 15) is 13.2 Å². The van der Waals surface area contributed by atoms with Gasteiger partial charge in [0.05, 0.1) is 5.69 Å². The van der Waals surface area contributed by atoms with Crippen LogP contribution in [0.15, 0.2) is 47.1 Å². The maximum absolute atomic E-state index is 13.3. The van der Waals surface area contributed by atoms with E-state index in [2.05, 4.69) is 30.3 Å². The molecule has 4 aromatic rings. The molecule has 1 aliphatic rings. The summed E-state index contributed by atoms with van der Waals surface area (Å²) >= 11 is 0.971. The molecule has 1 N–H and O–H groups in total. The highest BCUT2D eigenvalue weighted by Crippen LogP contribution is 2.33. The van der Waals surface area contributed by atoms with Crippen molar-refractivity contribution in [1.29, 1.82) is 0 Å². The van der Waals surface area contributed by atoms with Gasteiger partial charge in [-0.15, -0.1) is 0 Å². The third kappa shape index (κ3) is 4.02. The van der Waals surface area contributed by atoms with E-state index in [-0.39, 0.29) is 15.2 Å². The second kappa shape index (κ2) is 8.74. The molecule has 1 fully saturated rings. The number of piperazine rings is 1. The van der Waals surface area contributed by atoms with Gasteiger partial charge in [-0.2, -0.15) is 18.9 Å². The predicted octanol–water partition coefficient (Wildman–Crippen LogP) is 2.03. The number of sulfonamides is 1. The van der Waals surface area contributed by atoms with Crippen LogP contribution in [0.1, 0.15) is 12.6 Å². The summed E-state index contributed by atoms with van der Waals surface area (Å²) in [7, 11) is -3.74. The summed E-state index contributed by atoms with van der Waals surface area (Å²) in [5, 5.41) is 7.20. The van der Waals surface area contributed by atoms with Gasteiger partial charge < -0.3 is 10.2 Å². The Hall–Kier alpha value is -3.42. The average molecular weight is 499 g/mol. The molecule has 0 bridgehead atoms. The molecule has 176 valence electrons. The molecule has 5 rings (SSSR count). The molecule has 0 atom stereocenters. The van der Waals surface area contributed by atoms with Crippen LogP contribution in [0.4, 0.5) is 10.9 Å². The van der Waals surface area contributed by atoms with Crippen LogP contribution < -0.4 is 10.2 Å². The van der Waals surface area contributed by atoms with Gasteiger partial charge in [-0.1, -0.05) is 41.7 Å². The largest absolute Gasteiger partial charge is 0.353 e. The van der Waals surface area contributed by atoms with Crippen molar-refractivity contribution in [2.24, 2.45) is 0 Å². The number of carbonyl (C=O) groups is 1. The summed E-state index contributed by atoms with van der Waals surface area (Å²) in [6.45, 7) is 4.52. The molecule has 4 heterocycles. The second-order valence-electron chi connectivity index (χ2n) is 7.80. The lowest BCUT2D eigenvalue weighted by atomic mass is 10.1. The second-order valence-corrected chi connectivity index (χ2v) is 10.9. The molecular formula is C21H22N8O3S2. The molecule has 13 heteroatoms. The molecule has 3 aromatic heterocycles. The number of anilines is 2. The van der Waals surface area contributed by atoms with Crippen LogP contribution in [0.2, 0.25) is 0 Å². The van der Waals surface area contributed by atoms with E-state index in [4.69, 9.17) is 0 Å². The fourth-order valence-corrected chi connectivity index (χ4v) is 6.99. The Morgan fingerprint density at radius 2 is 1.82 bits per heavy atom. The van der Waals surface area contributed by atoms with Crippen molar-refractivity contribution < 1.29 is 13.2 Å². The van der Waals surface area contributed by atoms with E-state index in [0.29, 0.717) is 37.7 Å². The average Bonchev–Trinajstić information content (AvgIpc) is 3.45. The van der Waals surface area contributed by atoms with Crippen molar-refractivity contribution in [3.05, 3.63) is 48.5 Å². The maximum Gasteiger partial charge on any atom is 0.254 e. The number of nitrogens with one attached hydrogen (secondary N) is 1. The van der Waals surface area contributed by atoms with Crippen LogP contribution in [-0.4, -0.2) is 69.4 Å². The normalized spacial score (nSPS) is 15.1. The number of fused-ring (bicyclic) bond motifs is 1. The first-order valence-electron chi connectivity index (χ1n) is 10.6. The van der Waals surface area contributed by atoms with Gasteiger partial charge in [0.1, 0.15) is 12.1 Å². The van der Waals surface area contributed by atoms with E-state index >= 15 is 0 Å². The van der Waals surface area contributed by atoms with Gasteiger partial charge in [0.15, 0.2) is 9.34 Å². The van der Waals surface area contributed by atoms with Gasteiger partial charge in [0.2, 0.25) is 5.91 Å². The topological polar surface area (TPSA) is 126 Å². The first-order chi connectivity index (χ1) is 16.3. The predicted molar refractivity (Wildman–Crippen MR) is 128 cm³/mol. The van der Waals surface area contributed by atoms with Crippen molar-refractivity contribution in [3.63, 3.8) is 0 Å². The van der Waals surface area contributed by atoms with Gasteiger partial charge in [-0.3, -0.25) is 4.79 Å². The van der Waals surface area contributed by atoms with Crippen molar-refractivity contribution in [2.45, 2.75) is 18.1 Å². The fourth-order valence-electron chi connectivity index (χ4n) is 3.98. The van der Waals surface area contributed by atoms with Gasteiger partial charge >= 0.3 is 0 Å². The molecule has 0 radical (unpaired) electrons. The standard InChI is InChI=1S/C21H22N8O3S2/c1-14-19(33-21(25-14)26-15(2)30)34(31,32)28-10-8-27(9-11-28)18-17(16-6-4-3-5-7-16)12-22-20-23-13-24-29(18)20/h3-7,12-13H,8-11H2,1-2H3,(H,25,26,30). The number of aromatic nitrogens is 5. The molecule has 1 amide bonds. The van der Waals surface area contributed by atoms with E-state index in [1.54, 1.807) is 17.6 Å². The van der Waals surface area contributed by atoms with E-state index < -0.39 is 10.0 Å². The number of aryl methyl sites for hydroxylation is 1. The number of nitrogens with zero attached hydrogens (tertiary/aromatic N) is 7. The first kappa shape index (κ1) is 22.4. The third-order valence-electron chi connectivity index (χ3n) is 5.51. The molecule has 1 aliphatic heterocycles. The Morgan fingerprint density at radius 3 is 2.53 bits per heavy atom. The molecule has 0 saturated carbocycles. The minimum absolute atomic E-state index is 0.150. The SMILES string of the molecule is CC(=O)Nc1nc(C)c(S(=O)(=O)N2CCN(c3c(-c4ccccc4)cnc4ncnn34)CC2)s1. The molecule has 0 unspecified atom stereocenters. The van der Waals surface area contributed by atoms with Crippen molar-refractivity contribution in [1.82, 2.24) is 28.9 Å². The minimum atomic E-state index is -3.74. The highest BCUT2D eigenvalue weighted by atomic mass is 32.2. The van der Waals surface area contributed by atoms with Gasteiger partial charge in [-0.25, -0.2) is 18.4 Å². The highest BCUT2D eigenvalue weighted by Gasteiger charge is 2.33. The zero-order valence-corrected chi connectivity index (χ0v) is 20.2. The lowest BCUT2D eigenvalue weighted by molar-refractivity contribution is -0.114. The first-order valence-corrected chi connectivity index (χ1v) is 12.8. The number of rotatable bonds is 5. The van der Waals surface area contributed by atoms with E-state index in [1.165, 1.54) is 17.6 Å². The number of carbonyl (C=O) groups excluding carboxylic acids is 1. The Labute approximate surface area is 200 Å². The summed E-state index contributed by atoms with van der Waals surface area (Å²) in [4.78, 5) is 26.3. The molecular weight excluding hydrogens is 476 g/mol. The van der Waals surface area contributed by atoms with Gasteiger partial charge in [0, 0.05) is 44.9 Å². The fraction of sp³-hybridized carbons (Fsp3) is 0.286. The van der Waals surface area contributed by atoms with Crippen LogP contribution in [-0.2, 0) is 14.8 Å². The number of hydrogen-bond donors (Lipinski definition) is 1. The zero-order valence-electron chi connectivity index (χ0n) is 18.5. The Bertz CT molecular complexity index is 1460. The number of amides is 1. The van der Waals surface area contributed by atoms with Gasteiger partial charge in [-0.05, 0) is 12.5 Å². The molecule has 0 aliphatic carbocycles. The van der Waals surface area contributed by atoms with Crippen LogP contribution in [0.3, 0.4) is 0 Å². The zero-order chi connectivity index (χ0) is 23.9. The monoisotopic (exact) mass is 498 g/mol. The van der Waals surface area contributed by atoms with Crippen molar-refractivity contribution >= 4 is 44.0 Å². The summed E-state index contributed by atoms with van der Waals surface area (Å²) < 4.78 is 30.0. The lowest BCUT2D eigenvalue weighted by Gasteiger charge is -2.35. The van der Waals surface area contributed by atoms with E-state index in [1.807, 2.05) is 30.3 Å². The van der Waals surface area contributed by atoms with Crippen molar-refractivity contribution in [2.75, 3.05) is 36.4 Å². The quantitative estimate of drug-likeness (QED) is 0.443. The molecule has 34 heavy (non-hydrogen) atoms. The molecule has 1 saturated heterocycles. The number of thiazole rings is 1. The summed E-state index contributed by atoms with van der Waals surface area (Å²) in [5.41, 5.74) is 2.26. The van der Waals surface area contributed by atoms with Crippen LogP contribution in [0, 0.1) is 6.92 Å². The van der Waals surface area contributed by atoms with Crippen LogP contribution in [0.25, 0.3) is 16.9 Å². The molecule has 0 spiro atoms. The maximum atomic E-state index is 13.3. The Balaban J connectivity index is 1.43. The Morgan fingerprint density at radius 1 is 1.09 bits per heavy atom. The Kier molecular flexibility index (Phi) is 5.75. The minimum Gasteiger partial charge on any atom is -0.353 e. The highest BCUT2D eigenvalue weighted by molar-refractivity contribution is 7.91. The van der Waals surface area contributed by atoms with Crippen molar-refractivity contribution in [3.8, 4) is 11.1 Å². The number of hydrogen-bond acceptors (Lipinski definition) is 9. The summed E-state index contributed by atoms with van der Waals surface area (Å²) in [6.07, 6.45) is 3.24. The van der Waals surface area contributed by atoms with Crippen LogP contribution in [0.5, 0.6) is 0 Å².